The lowest BCUT2D eigenvalue weighted by Gasteiger charge is -2.13. The topological polar surface area (TPSA) is 33.0 Å². The van der Waals surface area contributed by atoms with Crippen LogP contribution in [0.2, 0.25) is 0 Å². The molecule has 0 radical (unpaired) electrons. The van der Waals surface area contributed by atoms with Crippen LogP contribution in [0, 0.1) is 17.2 Å². The third-order valence-electron chi connectivity index (χ3n) is 2.27. The highest BCUT2D eigenvalue weighted by Gasteiger charge is 2.27. The van der Waals surface area contributed by atoms with Crippen molar-refractivity contribution >= 4 is 0 Å². The minimum absolute atomic E-state index is 0.134. The summed E-state index contributed by atoms with van der Waals surface area (Å²) in [5, 5.41) is 8.74. The maximum absolute atomic E-state index is 8.74. The van der Waals surface area contributed by atoms with Gasteiger partial charge in [-0.25, -0.2) is 0 Å². The minimum atomic E-state index is 0.134. The van der Waals surface area contributed by atoms with Crippen molar-refractivity contribution in [3.05, 3.63) is 12.7 Å². The summed E-state index contributed by atoms with van der Waals surface area (Å²) >= 11 is 0. The van der Waals surface area contributed by atoms with Gasteiger partial charge >= 0.3 is 0 Å². The van der Waals surface area contributed by atoms with E-state index in [9.17, 15) is 0 Å². The Kier molecular flexibility index (Phi) is 3.83. The van der Waals surface area contributed by atoms with Crippen LogP contribution in [0.1, 0.15) is 25.7 Å². The number of nitriles is 1. The summed E-state index contributed by atoms with van der Waals surface area (Å²) in [6.45, 7) is 4.33. The molecule has 1 saturated carbocycles. The molecule has 0 aromatic carbocycles. The molecule has 0 spiro atoms. The molecule has 0 heterocycles. The van der Waals surface area contributed by atoms with Crippen LogP contribution in [0.25, 0.3) is 0 Å². The van der Waals surface area contributed by atoms with E-state index in [0.717, 1.165) is 25.7 Å². The quantitative estimate of drug-likeness (QED) is 0.473. The van der Waals surface area contributed by atoms with Crippen molar-refractivity contribution in [3.8, 4) is 6.07 Å². The summed E-state index contributed by atoms with van der Waals surface area (Å²) in [6.07, 6.45) is 6.11. The zero-order valence-corrected chi connectivity index (χ0v) is 7.33. The van der Waals surface area contributed by atoms with Gasteiger partial charge in [-0.2, -0.15) is 5.26 Å². The lowest BCUT2D eigenvalue weighted by molar-refractivity contribution is 0.0445. The molecular formula is C10H15NO. The van der Waals surface area contributed by atoms with Gasteiger partial charge in [-0.15, -0.1) is 6.58 Å². The van der Waals surface area contributed by atoms with E-state index in [1.165, 1.54) is 0 Å². The second-order valence-electron chi connectivity index (χ2n) is 3.15. The molecule has 1 fully saturated rings. The van der Waals surface area contributed by atoms with Gasteiger partial charge in [-0.05, 0) is 25.7 Å². The van der Waals surface area contributed by atoms with Crippen molar-refractivity contribution in [2.24, 2.45) is 5.92 Å². The van der Waals surface area contributed by atoms with E-state index in [1.807, 2.05) is 6.08 Å². The molecule has 0 aliphatic heterocycles. The third-order valence-corrected chi connectivity index (χ3v) is 2.27. The van der Waals surface area contributed by atoms with Crippen molar-refractivity contribution in [3.63, 3.8) is 0 Å². The van der Waals surface area contributed by atoms with Crippen LogP contribution in [-0.4, -0.2) is 12.7 Å². The molecule has 0 aromatic heterocycles. The normalized spacial score (nSPS) is 28.2. The van der Waals surface area contributed by atoms with Gasteiger partial charge in [-0.3, -0.25) is 0 Å². The Bertz CT molecular complexity index is 183. The van der Waals surface area contributed by atoms with E-state index in [2.05, 4.69) is 12.6 Å². The Hall–Kier alpha value is -0.810. The maximum atomic E-state index is 8.74. The van der Waals surface area contributed by atoms with Gasteiger partial charge in [0.05, 0.1) is 24.7 Å². The summed E-state index contributed by atoms with van der Waals surface area (Å²) in [7, 11) is 0. The Labute approximate surface area is 73.8 Å². The summed E-state index contributed by atoms with van der Waals surface area (Å²) in [5.74, 6) is 0.134. The summed E-state index contributed by atoms with van der Waals surface area (Å²) in [4.78, 5) is 0. The van der Waals surface area contributed by atoms with E-state index in [-0.39, 0.29) is 12.0 Å². The van der Waals surface area contributed by atoms with Gasteiger partial charge in [0.25, 0.3) is 0 Å². The van der Waals surface area contributed by atoms with Crippen LogP contribution in [0.4, 0.5) is 0 Å². The van der Waals surface area contributed by atoms with Gasteiger partial charge in [0.1, 0.15) is 0 Å². The van der Waals surface area contributed by atoms with Gasteiger partial charge in [-0.1, -0.05) is 6.08 Å². The van der Waals surface area contributed by atoms with Crippen molar-refractivity contribution in [1.29, 1.82) is 5.26 Å². The fraction of sp³-hybridized carbons (Fsp3) is 0.700. The Balaban J connectivity index is 2.22. The number of nitrogens with zero attached hydrogens (tertiary/aromatic N) is 1. The fourth-order valence-electron chi connectivity index (χ4n) is 1.58. The lowest BCUT2D eigenvalue weighted by atomic mass is 10.1. The summed E-state index contributed by atoms with van der Waals surface area (Å²) in [6, 6.07) is 2.29. The van der Waals surface area contributed by atoms with Gasteiger partial charge in [0.2, 0.25) is 0 Å². The van der Waals surface area contributed by atoms with Crippen molar-refractivity contribution in [2.75, 3.05) is 6.61 Å². The molecule has 1 rings (SSSR count). The molecule has 1 aliphatic carbocycles. The van der Waals surface area contributed by atoms with Crippen LogP contribution in [0.3, 0.4) is 0 Å². The first kappa shape index (κ1) is 9.28. The average molecular weight is 165 g/mol. The van der Waals surface area contributed by atoms with Gasteiger partial charge in [0, 0.05) is 0 Å². The third kappa shape index (κ3) is 2.35. The molecule has 0 aromatic rings. The van der Waals surface area contributed by atoms with Gasteiger partial charge in [0.15, 0.2) is 0 Å². The van der Waals surface area contributed by atoms with E-state index in [0.29, 0.717) is 6.61 Å². The number of rotatable bonds is 4. The van der Waals surface area contributed by atoms with E-state index < -0.39 is 0 Å². The van der Waals surface area contributed by atoms with E-state index in [4.69, 9.17) is 10.00 Å². The van der Waals surface area contributed by atoms with Gasteiger partial charge < -0.3 is 4.74 Å². The van der Waals surface area contributed by atoms with Crippen LogP contribution >= 0.6 is 0 Å². The van der Waals surface area contributed by atoms with Crippen LogP contribution in [0.15, 0.2) is 12.7 Å². The molecule has 0 saturated heterocycles. The average Bonchev–Trinajstić information content (AvgIpc) is 2.52. The molecule has 2 unspecified atom stereocenters. The zero-order valence-electron chi connectivity index (χ0n) is 7.33. The van der Waals surface area contributed by atoms with Crippen LogP contribution in [-0.2, 0) is 4.74 Å². The Morgan fingerprint density at radius 2 is 2.42 bits per heavy atom. The standard InChI is InChI=1S/C10H15NO/c1-2-3-7-12-10-6-4-5-9(10)8-11/h2,9-10H,1,3-7H2. The number of hydrogen-bond donors (Lipinski definition) is 0. The van der Waals surface area contributed by atoms with E-state index >= 15 is 0 Å². The molecule has 0 N–H and O–H groups in total. The van der Waals surface area contributed by atoms with Crippen molar-refractivity contribution < 1.29 is 4.74 Å². The molecule has 12 heavy (non-hydrogen) atoms. The smallest absolute Gasteiger partial charge is 0.0733 e. The minimum Gasteiger partial charge on any atom is -0.377 e. The van der Waals surface area contributed by atoms with Crippen LogP contribution < -0.4 is 0 Å². The molecular weight excluding hydrogens is 150 g/mol. The van der Waals surface area contributed by atoms with Crippen LogP contribution in [0.5, 0.6) is 0 Å². The Morgan fingerprint density at radius 1 is 1.58 bits per heavy atom. The molecule has 2 heteroatoms. The second kappa shape index (κ2) is 4.95. The molecule has 66 valence electrons. The number of hydrogen-bond acceptors (Lipinski definition) is 2. The highest BCUT2D eigenvalue weighted by Crippen LogP contribution is 2.27. The monoisotopic (exact) mass is 165 g/mol. The predicted molar refractivity (Wildman–Crippen MR) is 47.5 cm³/mol. The number of ether oxygens (including phenoxy) is 1. The van der Waals surface area contributed by atoms with E-state index in [1.54, 1.807) is 0 Å². The largest absolute Gasteiger partial charge is 0.377 e. The van der Waals surface area contributed by atoms with Crippen molar-refractivity contribution in [2.45, 2.75) is 31.8 Å². The second-order valence-corrected chi connectivity index (χ2v) is 3.15. The molecule has 1 aliphatic rings. The SMILES string of the molecule is C=CCCOC1CCCC1C#N. The Morgan fingerprint density at radius 3 is 3.08 bits per heavy atom. The fourth-order valence-corrected chi connectivity index (χ4v) is 1.58. The predicted octanol–water partition coefficient (Wildman–Crippen LogP) is 2.27. The highest BCUT2D eigenvalue weighted by atomic mass is 16.5. The summed E-state index contributed by atoms with van der Waals surface area (Å²) < 4.78 is 5.55. The molecule has 2 nitrogen and oxygen atoms in total. The molecule has 2 atom stereocenters. The molecule has 0 bridgehead atoms. The molecule has 0 amide bonds. The summed E-state index contributed by atoms with van der Waals surface area (Å²) in [5.41, 5.74) is 0. The zero-order chi connectivity index (χ0) is 8.81. The highest BCUT2D eigenvalue weighted by molar-refractivity contribution is 4.93. The van der Waals surface area contributed by atoms with Crippen molar-refractivity contribution in [1.82, 2.24) is 0 Å². The lowest BCUT2D eigenvalue weighted by Crippen LogP contribution is -2.17. The first-order valence-electron chi connectivity index (χ1n) is 4.50. The first-order valence-corrected chi connectivity index (χ1v) is 4.50. The first-order chi connectivity index (χ1) is 5.88. The maximum Gasteiger partial charge on any atom is 0.0733 e.